The molecule has 1 amide bonds. The van der Waals surface area contributed by atoms with Crippen LogP contribution in [0.25, 0.3) is 0 Å². The molecule has 2 aliphatic heterocycles. The number of hydrogen-bond donors (Lipinski definition) is 2. The highest BCUT2D eigenvalue weighted by Crippen LogP contribution is 2.20. The number of hydrogen-bond acceptors (Lipinski definition) is 4. The lowest BCUT2D eigenvalue weighted by atomic mass is 9.95. The summed E-state index contributed by atoms with van der Waals surface area (Å²) in [4.78, 5) is 20.2. The molecule has 1 atom stereocenters. The predicted octanol–water partition coefficient (Wildman–Crippen LogP) is 1.80. The van der Waals surface area contributed by atoms with Crippen LogP contribution >= 0.6 is 24.0 Å². The van der Waals surface area contributed by atoms with E-state index in [1.165, 1.54) is 11.3 Å². The summed E-state index contributed by atoms with van der Waals surface area (Å²) in [6.45, 7) is 6.02. The predicted molar refractivity (Wildman–Crippen MR) is 123 cm³/mol. The quantitative estimate of drug-likeness (QED) is 0.366. The largest absolute Gasteiger partial charge is 0.378 e. The fourth-order valence-corrected chi connectivity index (χ4v) is 3.87. The number of guanidine groups is 1. The fraction of sp³-hybridized carbons (Fsp3) is 0.600. The van der Waals surface area contributed by atoms with Crippen LogP contribution in [-0.4, -0.2) is 63.2 Å². The normalized spacial score (nSPS) is 20.5. The van der Waals surface area contributed by atoms with Gasteiger partial charge in [-0.2, -0.15) is 0 Å². The number of nitrogens with two attached hydrogens (primary N) is 1. The minimum atomic E-state index is -0.217. The molecular weight excluding hydrogens is 469 g/mol. The maximum atomic E-state index is 11.2. The summed E-state index contributed by atoms with van der Waals surface area (Å²) in [5.41, 5.74) is 7.83. The molecule has 2 fully saturated rings. The number of aliphatic imine (C=N–C) groups is 1. The number of likely N-dealkylation sites (tertiary alicyclic amines) is 1. The minimum absolute atomic E-state index is 0. The highest BCUT2D eigenvalue weighted by molar-refractivity contribution is 14.0. The highest BCUT2D eigenvalue weighted by Gasteiger charge is 2.23. The zero-order chi connectivity index (χ0) is 19.1. The Morgan fingerprint density at radius 3 is 2.61 bits per heavy atom. The van der Waals surface area contributed by atoms with Gasteiger partial charge in [-0.05, 0) is 36.5 Å². The van der Waals surface area contributed by atoms with Crippen molar-refractivity contribution in [3.05, 3.63) is 29.8 Å². The van der Waals surface area contributed by atoms with Crippen molar-refractivity contribution >= 4 is 41.5 Å². The lowest BCUT2D eigenvalue weighted by molar-refractivity contribution is -0.119. The van der Waals surface area contributed by atoms with Gasteiger partial charge in [0.05, 0.1) is 13.2 Å². The summed E-state index contributed by atoms with van der Waals surface area (Å²) in [6.07, 6.45) is 2.57. The van der Waals surface area contributed by atoms with Gasteiger partial charge >= 0.3 is 0 Å². The Morgan fingerprint density at radius 1 is 1.25 bits per heavy atom. The number of halogens is 1. The average molecular weight is 501 g/mol. The molecule has 2 aliphatic rings. The summed E-state index contributed by atoms with van der Waals surface area (Å²) in [5.74, 6) is 0.995. The molecule has 0 bridgehead atoms. The topological polar surface area (TPSA) is 83.2 Å². The maximum absolute atomic E-state index is 11.2. The third kappa shape index (κ3) is 6.51. The smallest absolute Gasteiger partial charge is 0.217 e. The third-order valence-electron chi connectivity index (χ3n) is 5.28. The molecule has 0 radical (unpaired) electrons. The molecule has 28 heavy (non-hydrogen) atoms. The van der Waals surface area contributed by atoms with Gasteiger partial charge in [-0.1, -0.05) is 12.1 Å². The van der Waals surface area contributed by atoms with E-state index in [1.54, 1.807) is 0 Å². The molecule has 0 aromatic heterocycles. The number of anilines is 1. The molecule has 2 saturated heterocycles. The number of rotatable bonds is 5. The van der Waals surface area contributed by atoms with E-state index in [1.807, 2.05) is 7.05 Å². The molecule has 8 heteroatoms. The van der Waals surface area contributed by atoms with Crippen molar-refractivity contribution in [2.45, 2.75) is 25.8 Å². The van der Waals surface area contributed by atoms with Crippen molar-refractivity contribution < 1.29 is 9.53 Å². The van der Waals surface area contributed by atoms with Crippen LogP contribution in [0.5, 0.6) is 0 Å². The number of primary amides is 1. The SMILES string of the molecule is CN=C(NCc1ccc(N2CCOCC2)cc1)N1CCCC(CC(N)=O)C1.I. The molecule has 0 aliphatic carbocycles. The molecular formula is C20H32IN5O2. The van der Waals surface area contributed by atoms with Crippen molar-refractivity contribution in [1.29, 1.82) is 0 Å². The lowest BCUT2D eigenvalue weighted by Crippen LogP contribution is -2.46. The Kier molecular flexibility index (Phi) is 9.30. The van der Waals surface area contributed by atoms with Gasteiger partial charge in [0.15, 0.2) is 5.96 Å². The fourth-order valence-electron chi connectivity index (χ4n) is 3.87. The van der Waals surface area contributed by atoms with Gasteiger partial charge in [-0.25, -0.2) is 0 Å². The second kappa shape index (κ2) is 11.5. The number of carbonyl (C=O) groups excluding carboxylic acids is 1. The molecule has 3 N–H and O–H groups in total. The molecule has 3 rings (SSSR count). The molecule has 2 heterocycles. The number of carbonyl (C=O) groups is 1. The minimum Gasteiger partial charge on any atom is -0.378 e. The first-order chi connectivity index (χ1) is 13.2. The molecule has 1 aromatic carbocycles. The first-order valence-electron chi connectivity index (χ1n) is 9.81. The zero-order valence-electron chi connectivity index (χ0n) is 16.6. The first-order valence-corrected chi connectivity index (χ1v) is 9.81. The van der Waals surface area contributed by atoms with Crippen molar-refractivity contribution in [1.82, 2.24) is 10.2 Å². The van der Waals surface area contributed by atoms with Crippen LogP contribution in [0.3, 0.4) is 0 Å². The number of nitrogens with zero attached hydrogens (tertiary/aromatic N) is 3. The lowest BCUT2D eigenvalue weighted by Gasteiger charge is -2.34. The van der Waals surface area contributed by atoms with Crippen molar-refractivity contribution in [3.8, 4) is 0 Å². The van der Waals surface area contributed by atoms with Crippen LogP contribution in [0.1, 0.15) is 24.8 Å². The maximum Gasteiger partial charge on any atom is 0.217 e. The van der Waals surface area contributed by atoms with Crippen LogP contribution in [0.2, 0.25) is 0 Å². The number of morpholine rings is 1. The van der Waals surface area contributed by atoms with Gasteiger partial charge in [0.25, 0.3) is 0 Å². The van der Waals surface area contributed by atoms with Crippen LogP contribution in [0.4, 0.5) is 5.69 Å². The van der Waals surface area contributed by atoms with Crippen LogP contribution in [-0.2, 0) is 16.1 Å². The van der Waals surface area contributed by atoms with Gasteiger partial charge in [-0.15, -0.1) is 24.0 Å². The monoisotopic (exact) mass is 501 g/mol. The van der Waals surface area contributed by atoms with Crippen molar-refractivity contribution in [2.24, 2.45) is 16.6 Å². The molecule has 0 spiro atoms. The van der Waals surface area contributed by atoms with Crippen molar-refractivity contribution in [2.75, 3.05) is 51.3 Å². The summed E-state index contributed by atoms with van der Waals surface area (Å²) in [5, 5.41) is 3.45. The van der Waals surface area contributed by atoms with E-state index in [2.05, 4.69) is 44.4 Å². The number of benzene rings is 1. The Balaban J connectivity index is 0.00000280. The Labute approximate surface area is 184 Å². The van der Waals surface area contributed by atoms with Gasteiger partial charge in [0.2, 0.25) is 5.91 Å². The first kappa shape index (κ1) is 22.7. The molecule has 1 aromatic rings. The number of ether oxygens (including phenoxy) is 1. The van der Waals surface area contributed by atoms with Crippen LogP contribution in [0, 0.1) is 5.92 Å². The summed E-state index contributed by atoms with van der Waals surface area (Å²) < 4.78 is 5.41. The van der Waals surface area contributed by atoms with E-state index in [-0.39, 0.29) is 29.9 Å². The van der Waals surface area contributed by atoms with Crippen LogP contribution < -0.4 is 16.0 Å². The number of amides is 1. The van der Waals surface area contributed by atoms with Crippen LogP contribution in [0.15, 0.2) is 29.3 Å². The van der Waals surface area contributed by atoms with Crippen molar-refractivity contribution in [3.63, 3.8) is 0 Å². The Hall–Kier alpha value is -1.55. The molecule has 7 nitrogen and oxygen atoms in total. The van der Waals surface area contributed by atoms with Gasteiger partial charge in [0.1, 0.15) is 0 Å². The Morgan fingerprint density at radius 2 is 1.96 bits per heavy atom. The van der Waals surface area contributed by atoms with E-state index in [0.29, 0.717) is 12.3 Å². The van der Waals surface area contributed by atoms with E-state index < -0.39 is 0 Å². The van der Waals surface area contributed by atoms with E-state index in [0.717, 1.165) is 64.7 Å². The summed E-state index contributed by atoms with van der Waals surface area (Å²) >= 11 is 0. The highest BCUT2D eigenvalue weighted by atomic mass is 127. The Bertz CT molecular complexity index is 647. The number of piperidine rings is 1. The van der Waals surface area contributed by atoms with Gasteiger partial charge in [0, 0.05) is 51.9 Å². The summed E-state index contributed by atoms with van der Waals surface area (Å²) in [7, 11) is 1.81. The summed E-state index contributed by atoms with van der Waals surface area (Å²) in [6, 6.07) is 8.68. The molecule has 1 unspecified atom stereocenters. The second-order valence-electron chi connectivity index (χ2n) is 7.29. The average Bonchev–Trinajstić information content (AvgIpc) is 2.69. The standard InChI is InChI=1S/C20H31N5O2.HI/c1-22-20(25-8-2-3-17(15-25)13-19(21)26)23-14-16-4-6-18(7-5-16)24-9-11-27-12-10-24;/h4-7,17H,2-3,8-15H2,1H3,(H2,21,26)(H,22,23);1H. The van der Waals surface area contributed by atoms with E-state index >= 15 is 0 Å². The van der Waals surface area contributed by atoms with E-state index in [4.69, 9.17) is 10.5 Å². The molecule has 156 valence electrons. The second-order valence-corrected chi connectivity index (χ2v) is 7.29. The van der Waals surface area contributed by atoms with E-state index in [9.17, 15) is 4.79 Å². The van der Waals surface area contributed by atoms with Gasteiger partial charge < -0.3 is 25.6 Å². The number of nitrogens with one attached hydrogen (secondary N) is 1. The third-order valence-corrected chi connectivity index (χ3v) is 5.28. The van der Waals surface area contributed by atoms with Gasteiger partial charge in [-0.3, -0.25) is 9.79 Å². The zero-order valence-corrected chi connectivity index (χ0v) is 18.9. The molecule has 0 saturated carbocycles.